The number of nitrogens with one attached hydrogen (secondary N) is 1. The Balaban J connectivity index is 1.24. The molecule has 0 aliphatic rings. The lowest BCUT2D eigenvalue weighted by Crippen LogP contribution is -2.13. The second kappa shape index (κ2) is 7.10. The second-order valence-corrected chi connectivity index (χ2v) is 7.82. The van der Waals surface area contributed by atoms with Crippen LogP contribution in [0.3, 0.4) is 0 Å². The third kappa shape index (κ3) is 3.37. The summed E-state index contributed by atoms with van der Waals surface area (Å²) in [6.07, 6.45) is 5.72. The van der Waals surface area contributed by atoms with Crippen molar-refractivity contribution in [1.82, 2.24) is 29.9 Å². The van der Waals surface area contributed by atoms with E-state index in [2.05, 4.69) is 55.7 Å². The predicted octanol–water partition coefficient (Wildman–Crippen LogP) is 4.00. The monoisotopic (exact) mass is 386 g/mol. The largest absolute Gasteiger partial charge is 0.307 e. The maximum Gasteiger partial charge on any atom is 0.212 e. The summed E-state index contributed by atoms with van der Waals surface area (Å²) in [6, 6.07) is 14.6. The average Bonchev–Trinajstić information content (AvgIpc) is 3.25. The van der Waals surface area contributed by atoms with Gasteiger partial charge >= 0.3 is 0 Å². The van der Waals surface area contributed by atoms with Gasteiger partial charge in [0.05, 0.1) is 11.9 Å². The van der Waals surface area contributed by atoms with Crippen LogP contribution in [-0.4, -0.2) is 24.6 Å². The number of rotatable bonds is 5. The molecule has 3 aromatic heterocycles. The number of aromatic nitrogens is 5. The molecular weight excluding hydrogens is 368 g/mol. The zero-order valence-corrected chi connectivity index (χ0v) is 16.1. The highest BCUT2D eigenvalue weighted by molar-refractivity contribution is 7.16. The number of aryl methyl sites for hydroxylation is 1. The first kappa shape index (κ1) is 17.0. The zero-order valence-electron chi connectivity index (χ0n) is 15.3. The summed E-state index contributed by atoms with van der Waals surface area (Å²) in [5.74, 6) is 0.741. The molecule has 0 spiro atoms. The van der Waals surface area contributed by atoms with Crippen molar-refractivity contribution < 1.29 is 0 Å². The van der Waals surface area contributed by atoms with Crippen molar-refractivity contribution in [3.8, 4) is 11.4 Å². The lowest BCUT2D eigenvalue weighted by atomic mass is 10.1. The molecule has 0 bridgehead atoms. The number of nitrogens with zero attached hydrogens (tertiary/aromatic N) is 5. The smallest absolute Gasteiger partial charge is 0.212 e. The van der Waals surface area contributed by atoms with Gasteiger partial charge in [0.25, 0.3) is 0 Å². The molecule has 0 fully saturated rings. The summed E-state index contributed by atoms with van der Waals surface area (Å²) >= 11 is 1.60. The molecule has 0 saturated carbocycles. The zero-order chi connectivity index (χ0) is 18.9. The van der Waals surface area contributed by atoms with Crippen molar-refractivity contribution in [2.45, 2.75) is 20.0 Å². The van der Waals surface area contributed by atoms with E-state index in [9.17, 15) is 0 Å². The highest BCUT2D eigenvalue weighted by atomic mass is 32.1. The van der Waals surface area contributed by atoms with Crippen LogP contribution in [0.2, 0.25) is 0 Å². The van der Waals surface area contributed by atoms with E-state index in [-0.39, 0.29) is 0 Å². The van der Waals surface area contributed by atoms with E-state index in [1.165, 1.54) is 10.8 Å². The molecule has 3 heterocycles. The molecular formula is C21H18N6S. The lowest BCUT2D eigenvalue weighted by Gasteiger charge is -2.05. The van der Waals surface area contributed by atoms with Crippen molar-refractivity contribution >= 4 is 27.1 Å². The van der Waals surface area contributed by atoms with Gasteiger partial charge < -0.3 is 5.32 Å². The van der Waals surface area contributed by atoms with Gasteiger partial charge in [-0.1, -0.05) is 47.7 Å². The van der Waals surface area contributed by atoms with Gasteiger partial charge in [-0.2, -0.15) is 5.10 Å². The van der Waals surface area contributed by atoms with E-state index in [4.69, 9.17) is 0 Å². The maximum absolute atomic E-state index is 4.57. The molecule has 5 rings (SSSR count). The number of fused-ring (bicyclic) bond motifs is 2. The molecule has 0 atom stereocenters. The van der Waals surface area contributed by atoms with E-state index in [0.29, 0.717) is 13.1 Å². The second-order valence-electron chi connectivity index (χ2n) is 6.66. The summed E-state index contributed by atoms with van der Waals surface area (Å²) < 4.78 is 1.83. The van der Waals surface area contributed by atoms with Gasteiger partial charge in [0.2, 0.25) is 4.96 Å². The number of hydrogen-bond acceptors (Lipinski definition) is 6. The fourth-order valence-corrected chi connectivity index (χ4v) is 3.93. The van der Waals surface area contributed by atoms with Crippen LogP contribution in [0.1, 0.15) is 16.3 Å². The first-order chi connectivity index (χ1) is 13.7. The molecule has 2 aromatic carbocycles. The summed E-state index contributed by atoms with van der Waals surface area (Å²) in [5.41, 5.74) is 3.05. The number of hydrogen-bond donors (Lipinski definition) is 1. The molecule has 0 aliphatic heterocycles. The van der Waals surface area contributed by atoms with Crippen LogP contribution in [-0.2, 0) is 13.1 Å². The maximum atomic E-state index is 4.57. The van der Waals surface area contributed by atoms with Gasteiger partial charge in [0.15, 0.2) is 5.82 Å². The van der Waals surface area contributed by atoms with Crippen molar-refractivity contribution in [3.63, 3.8) is 0 Å². The summed E-state index contributed by atoms with van der Waals surface area (Å²) in [5, 5.41) is 11.2. The minimum atomic E-state index is 0.682. The molecule has 7 heteroatoms. The Morgan fingerprint density at radius 3 is 2.64 bits per heavy atom. The Labute approximate surface area is 165 Å². The quantitative estimate of drug-likeness (QED) is 0.494. The Morgan fingerprint density at radius 1 is 1.00 bits per heavy atom. The Bertz CT molecular complexity index is 1220. The molecule has 0 amide bonds. The topological polar surface area (TPSA) is 68.0 Å². The SMILES string of the molecule is Cc1nn2cc(CNCc3cnc(-c4ccc5ccccc5c4)nc3)nc2s1. The van der Waals surface area contributed by atoms with E-state index in [1.54, 1.807) is 11.3 Å². The molecule has 5 aromatic rings. The Kier molecular flexibility index (Phi) is 4.31. The van der Waals surface area contributed by atoms with Crippen LogP contribution < -0.4 is 5.32 Å². The molecule has 138 valence electrons. The fraction of sp³-hybridized carbons (Fsp3) is 0.143. The van der Waals surface area contributed by atoms with Crippen molar-refractivity contribution in [1.29, 1.82) is 0 Å². The van der Waals surface area contributed by atoms with E-state index < -0.39 is 0 Å². The van der Waals surface area contributed by atoms with Crippen LogP contribution in [0.4, 0.5) is 0 Å². The van der Waals surface area contributed by atoms with Gasteiger partial charge in [-0.3, -0.25) is 0 Å². The van der Waals surface area contributed by atoms with Gasteiger partial charge in [0, 0.05) is 36.6 Å². The highest BCUT2D eigenvalue weighted by Gasteiger charge is 2.06. The van der Waals surface area contributed by atoms with E-state index in [1.807, 2.05) is 42.2 Å². The van der Waals surface area contributed by atoms with Crippen LogP contribution >= 0.6 is 11.3 Å². The molecule has 1 N–H and O–H groups in total. The molecule has 6 nitrogen and oxygen atoms in total. The molecule has 0 aliphatic carbocycles. The van der Waals surface area contributed by atoms with Crippen molar-refractivity contribution in [2.75, 3.05) is 0 Å². The third-order valence-electron chi connectivity index (χ3n) is 4.54. The number of imidazole rings is 1. The summed E-state index contributed by atoms with van der Waals surface area (Å²) in [6.45, 7) is 3.36. The van der Waals surface area contributed by atoms with Crippen LogP contribution in [0.25, 0.3) is 27.1 Å². The van der Waals surface area contributed by atoms with Gasteiger partial charge in [-0.05, 0) is 23.8 Å². The van der Waals surface area contributed by atoms with Crippen LogP contribution in [0.15, 0.2) is 61.1 Å². The first-order valence-electron chi connectivity index (χ1n) is 9.07. The summed E-state index contributed by atoms with van der Waals surface area (Å²) in [7, 11) is 0. The standard InChI is InChI=1S/C21H18N6S/c1-14-26-27-13-19(25-21(27)28-14)12-22-9-15-10-23-20(24-11-15)18-7-6-16-4-2-3-5-17(16)8-18/h2-8,10-11,13,22H,9,12H2,1H3. The third-order valence-corrected chi connectivity index (χ3v) is 5.38. The molecule has 28 heavy (non-hydrogen) atoms. The number of benzene rings is 2. The van der Waals surface area contributed by atoms with E-state index >= 15 is 0 Å². The van der Waals surface area contributed by atoms with Crippen LogP contribution in [0.5, 0.6) is 0 Å². The van der Waals surface area contributed by atoms with Crippen molar-refractivity contribution in [3.05, 3.63) is 77.3 Å². The lowest BCUT2D eigenvalue weighted by molar-refractivity contribution is 0.678. The van der Waals surface area contributed by atoms with Gasteiger partial charge in [-0.25, -0.2) is 19.5 Å². The van der Waals surface area contributed by atoms with Gasteiger partial charge in [0.1, 0.15) is 5.01 Å². The highest BCUT2D eigenvalue weighted by Crippen LogP contribution is 2.21. The average molecular weight is 386 g/mol. The van der Waals surface area contributed by atoms with Crippen molar-refractivity contribution in [2.24, 2.45) is 0 Å². The minimum Gasteiger partial charge on any atom is -0.307 e. The molecule has 0 radical (unpaired) electrons. The molecule has 0 unspecified atom stereocenters. The normalized spacial score (nSPS) is 11.5. The first-order valence-corrected chi connectivity index (χ1v) is 9.89. The molecule has 0 saturated heterocycles. The summed E-state index contributed by atoms with van der Waals surface area (Å²) in [4.78, 5) is 14.6. The van der Waals surface area contributed by atoms with Gasteiger partial charge in [-0.15, -0.1) is 0 Å². The predicted molar refractivity (Wildman–Crippen MR) is 111 cm³/mol. The Hall–Kier alpha value is -3.16. The Morgan fingerprint density at radius 2 is 1.82 bits per heavy atom. The van der Waals surface area contributed by atoms with E-state index in [0.717, 1.165) is 32.6 Å². The fourth-order valence-electron chi connectivity index (χ4n) is 3.19. The van der Waals surface area contributed by atoms with Crippen LogP contribution in [0, 0.1) is 6.92 Å². The minimum absolute atomic E-state index is 0.682.